The summed E-state index contributed by atoms with van der Waals surface area (Å²) in [5, 5.41) is 19.5. The van der Waals surface area contributed by atoms with Gasteiger partial charge in [-0.25, -0.2) is 0 Å². The predicted molar refractivity (Wildman–Crippen MR) is 48.8 cm³/mol. The summed E-state index contributed by atoms with van der Waals surface area (Å²) in [6.45, 7) is 1.38. The predicted octanol–water partition coefficient (Wildman–Crippen LogP) is 2.03. The number of rotatable bonds is 2. The van der Waals surface area contributed by atoms with Gasteiger partial charge < -0.3 is 5.11 Å². The highest BCUT2D eigenvalue weighted by molar-refractivity contribution is 5.57. The monoisotopic (exact) mass is 179 g/mol. The zero-order valence-corrected chi connectivity index (χ0v) is 7.10. The highest BCUT2D eigenvalue weighted by Gasteiger charge is 2.03. The molecule has 0 unspecified atom stereocenters. The van der Waals surface area contributed by atoms with Crippen molar-refractivity contribution in [1.82, 2.24) is 0 Å². The van der Waals surface area contributed by atoms with Gasteiger partial charge >= 0.3 is 0 Å². The van der Waals surface area contributed by atoms with E-state index in [0.29, 0.717) is 5.56 Å². The number of phenols is 1. The van der Waals surface area contributed by atoms with E-state index in [4.69, 9.17) is 0 Å². The maximum Gasteiger partial charge on any atom is 0.243 e. The highest BCUT2D eigenvalue weighted by atomic mass is 16.6. The molecule has 1 N–H and O–H groups in total. The number of nitro groups is 1. The molecule has 0 heterocycles. The van der Waals surface area contributed by atoms with Crippen molar-refractivity contribution in [2.24, 2.45) is 0 Å². The molecule has 0 saturated heterocycles. The lowest BCUT2D eigenvalue weighted by molar-refractivity contribution is -0.422. The third-order valence-electron chi connectivity index (χ3n) is 1.59. The minimum atomic E-state index is -0.494. The third kappa shape index (κ3) is 2.30. The first-order valence-corrected chi connectivity index (χ1v) is 3.72. The molecule has 0 aliphatic rings. The maximum absolute atomic E-state index is 10.3. The summed E-state index contributed by atoms with van der Waals surface area (Å²) in [6, 6.07) is 6.47. The van der Waals surface area contributed by atoms with Crippen molar-refractivity contribution in [1.29, 1.82) is 0 Å². The first kappa shape index (κ1) is 9.25. The number of hydrogen-bond acceptors (Lipinski definition) is 3. The number of allylic oxidation sites excluding steroid dienone is 1. The molecule has 68 valence electrons. The Morgan fingerprint density at radius 2 is 2.15 bits per heavy atom. The maximum atomic E-state index is 10.3. The Labute approximate surface area is 75.3 Å². The first-order chi connectivity index (χ1) is 6.11. The molecule has 13 heavy (non-hydrogen) atoms. The van der Waals surface area contributed by atoms with E-state index in [9.17, 15) is 15.2 Å². The van der Waals surface area contributed by atoms with Gasteiger partial charge in [-0.2, -0.15) is 0 Å². The minimum Gasteiger partial charge on any atom is -0.507 e. The molecule has 0 bridgehead atoms. The summed E-state index contributed by atoms with van der Waals surface area (Å²) in [4.78, 5) is 9.78. The second-order valence-corrected chi connectivity index (χ2v) is 2.60. The smallest absolute Gasteiger partial charge is 0.243 e. The largest absolute Gasteiger partial charge is 0.507 e. The SMILES string of the molecule is CC(=Cc1ccccc1O)[N+](=O)[O-]. The zero-order chi connectivity index (χ0) is 9.84. The van der Waals surface area contributed by atoms with Gasteiger partial charge in [-0.05, 0) is 6.07 Å². The molecule has 0 fully saturated rings. The Morgan fingerprint density at radius 1 is 1.54 bits per heavy atom. The number of phenolic OH excluding ortho intramolecular Hbond substituents is 1. The molecule has 0 saturated carbocycles. The lowest BCUT2D eigenvalue weighted by Gasteiger charge is -1.96. The Morgan fingerprint density at radius 3 is 2.69 bits per heavy atom. The van der Waals surface area contributed by atoms with E-state index in [1.54, 1.807) is 18.2 Å². The van der Waals surface area contributed by atoms with Crippen molar-refractivity contribution in [3.63, 3.8) is 0 Å². The number of para-hydroxylation sites is 1. The standard InChI is InChI=1S/C9H9NO3/c1-7(10(12)13)6-8-4-2-3-5-9(8)11/h2-6,11H,1H3. The molecule has 0 aliphatic carbocycles. The Hall–Kier alpha value is -1.84. The van der Waals surface area contributed by atoms with Crippen molar-refractivity contribution >= 4 is 6.08 Å². The van der Waals surface area contributed by atoms with E-state index in [0.717, 1.165) is 0 Å². The average molecular weight is 179 g/mol. The van der Waals surface area contributed by atoms with Gasteiger partial charge in [0.2, 0.25) is 5.70 Å². The van der Waals surface area contributed by atoms with Crippen molar-refractivity contribution in [2.45, 2.75) is 6.92 Å². The Balaban J connectivity index is 3.04. The van der Waals surface area contributed by atoms with E-state index in [1.807, 2.05) is 0 Å². The second-order valence-electron chi connectivity index (χ2n) is 2.60. The first-order valence-electron chi connectivity index (χ1n) is 3.72. The Kier molecular flexibility index (Phi) is 2.64. The minimum absolute atomic E-state index is 0.00139. The van der Waals surface area contributed by atoms with Gasteiger partial charge in [0.1, 0.15) is 5.75 Å². The molecule has 4 heteroatoms. The lowest BCUT2D eigenvalue weighted by Crippen LogP contribution is -1.92. The van der Waals surface area contributed by atoms with Crippen LogP contribution >= 0.6 is 0 Å². The molecule has 0 aliphatic heterocycles. The van der Waals surface area contributed by atoms with Gasteiger partial charge in [-0.1, -0.05) is 18.2 Å². The number of benzene rings is 1. The van der Waals surface area contributed by atoms with Crippen LogP contribution in [0.15, 0.2) is 30.0 Å². The van der Waals surface area contributed by atoms with Gasteiger partial charge in [-0.3, -0.25) is 10.1 Å². The molecular formula is C9H9NO3. The van der Waals surface area contributed by atoms with Gasteiger partial charge in [0, 0.05) is 18.6 Å². The fourth-order valence-electron chi connectivity index (χ4n) is 0.887. The van der Waals surface area contributed by atoms with Crippen LogP contribution in [0.4, 0.5) is 0 Å². The summed E-state index contributed by atoms with van der Waals surface area (Å²) in [6.07, 6.45) is 1.33. The fraction of sp³-hybridized carbons (Fsp3) is 0.111. The van der Waals surface area contributed by atoms with E-state index in [2.05, 4.69) is 0 Å². The van der Waals surface area contributed by atoms with Gasteiger partial charge in [-0.15, -0.1) is 0 Å². The fourth-order valence-corrected chi connectivity index (χ4v) is 0.887. The molecule has 1 rings (SSSR count). The molecule has 0 spiro atoms. The molecular weight excluding hydrogens is 170 g/mol. The van der Waals surface area contributed by atoms with Gasteiger partial charge in [0.15, 0.2) is 0 Å². The summed E-state index contributed by atoms with van der Waals surface area (Å²) in [7, 11) is 0. The zero-order valence-electron chi connectivity index (χ0n) is 7.10. The highest BCUT2D eigenvalue weighted by Crippen LogP contribution is 2.18. The topological polar surface area (TPSA) is 63.4 Å². The molecule has 0 aromatic heterocycles. The third-order valence-corrected chi connectivity index (χ3v) is 1.59. The Bertz CT molecular complexity index is 358. The molecule has 4 nitrogen and oxygen atoms in total. The average Bonchev–Trinajstić information content (AvgIpc) is 2.08. The van der Waals surface area contributed by atoms with Crippen molar-refractivity contribution in [2.75, 3.05) is 0 Å². The van der Waals surface area contributed by atoms with Crippen LogP contribution in [0.25, 0.3) is 6.08 Å². The van der Waals surface area contributed by atoms with E-state index in [1.165, 1.54) is 19.1 Å². The van der Waals surface area contributed by atoms with Crippen LogP contribution in [0.1, 0.15) is 12.5 Å². The number of nitrogens with zero attached hydrogens (tertiary/aromatic N) is 1. The quantitative estimate of drug-likeness (QED) is 0.558. The van der Waals surface area contributed by atoms with Crippen molar-refractivity contribution in [3.8, 4) is 5.75 Å². The van der Waals surface area contributed by atoms with Crippen LogP contribution in [-0.2, 0) is 0 Å². The normalized spacial score (nSPS) is 11.3. The summed E-state index contributed by atoms with van der Waals surface area (Å²) in [5.74, 6) is 0.0451. The van der Waals surface area contributed by atoms with Gasteiger partial charge in [0.05, 0.1) is 4.92 Å². The van der Waals surface area contributed by atoms with Crippen molar-refractivity contribution in [3.05, 3.63) is 45.6 Å². The van der Waals surface area contributed by atoms with Crippen LogP contribution in [0.2, 0.25) is 0 Å². The summed E-state index contributed by atoms with van der Waals surface area (Å²) < 4.78 is 0. The number of hydrogen-bond donors (Lipinski definition) is 1. The van der Waals surface area contributed by atoms with Crippen LogP contribution in [0, 0.1) is 10.1 Å². The molecule has 1 aromatic carbocycles. The second kappa shape index (κ2) is 3.71. The van der Waals surface area contributed by atoms with E-state index >= 15 is 0 Å². The van der Waals surface area contributed by atoms with Gasteiger partial charge in [0.25, 0.3) is 0 Å². The van der Waals surface area contributed by atoms with Crippen LogP contribution in [0.3, 0.4) is 0 Å². The molecule has 0 atom stereocenters. The van der Waals surface area contributed by atoms with Crippen LogP contribution < -0.4 is 0 Å². The van der Waals surface area contributed by atoms with E-state index in [-0.39, 0.29) is 11.4 Å². The number of aromatic hydroxyl groups is 1. The molecule has 0 radical (unpaired) electrons. The van der Waals surface area contributed by atoms with E-state index < -0.39 is 4.92 Å². The van der Waals surface area contributed by atoms with Crippen LogP contribution in [-0.4, -0.2) is 10.0 Å². The molecule has 1 aromatic rings. The summed E-state index contributed by atoms with van der Waals surface area (Å²) in [5.41, 5.74) is 0.457. The van der Waals surface area contributed by atoms with Crippen molar-refractivity contribution < 1.29 is 10.0 Å². The summed E-state index contributed by atoms with van der Waals surface area (Å²) >= 11 is 0. The molecule has 0 amide bonds. The van der Waals surface area contributed by atoms with Crippen LogP contribution in [0.5, 0.6) is 5.75 Å². The lowest BCUT2D eigenvalue weighted by atomic mass is 10.2.